The van der Waals surface area contributed by atoms with Crippen LogP contribution >= 0.6 is 0 Å². The van der Waals surface area contributed by atoms with E-state index in [4.69, 9.17) is 0 Å². The predicted molar refractivity (Wildman–Crippen MR) is 279 cm³/mol. The third-order valence-corrected chi connectivity index (χ3v) is 13.6. The van der Waals surface area contributed by atoms with Crippen molar-refractivity contribution in [1.82, 2.24) is 10.2 Å². The molecule has 0 saturated heterocycles. The molecule has 0 radical (unpaired) electrons. The third kappa shape index (κ3) is 60.0. The van der Waals surface area contributed by atoms with Gasteiger partial charge in [-0.3, -0.25) is 0 Å². The predicted octanol–water partition coefficient (Wildman–Crippen LogP) is 20.7. The fraction of sp³-hybridized carbons (Fsp3) is 1.00. The summed E-state index contributed by atoms with van der Waals surface area (Å²) in [7, 11) is 0. The number of nitrogens with one attached hydrogen (secondary N) is 1. The molecule has 0 aliphatic heterocycles. The normalized spacial score (nSPS) is 11.5. The molecule has 0 atom stereocenters. The molecule has 0 aromatic heterocycles. The van der Waals surface area contributed by atoms with Gasteiger partial charge in [-0.2, -0.15) is 0 Å². The van der Waals surface area contributed by atoms with Crippen molar-refractivity contribution in [3.63, 3.8) is 0 Å². The SMILES string of the molecule is CCCCCCCCCCCCCCCCCCN(CC)CC.CCCCCCCCCCCCCCCCCCNCCCCCCCCCCCCCCCCCC. The highest BCUT2D eigenvalue weighted by molar-refractivity contribution is 4.56. The third-order valence-electron chi connectivity index (χ3n) is 13.6. The summed E-state index contributed by atoms with van der Waals surface area (Å²) in [5, 5.41) is 3.68. The van der Waals surface area contributed by atoms with Crippen LogP contribution in [0.15, 0.2) is 0 Å². The molecular formula is C58H122N2. The van der Waals surface area contributed by atoms with Crippen molar-refractivity contribution in [3.05, 3.63) is 0 Å². The van der Waals surface area contributed by atoms with Crippen molar-refractivity contribution in [3.8, 4) is 0 Å². The Hall–Kier alpha value is -0.0800. The van der Waals surface area contributed by atoms with Gasteiger partial charge in [-0.05, 0) is 52.0 Å². The highest BCUT2D eigenvalue weighted by Crippen LogP contribution is 2.17. The van der Waals surface area contributed by atoms with E-state index in [9.17, 15) is 0 Å². The summed E-state index contributed by atoms with van der Waals surface area (Å²) in [6, 6.07) is 0. The molecule has 0 rings (SSSR count). The van der Waals surface area contributed by atoms with Gasteiger partial charge in [0.1, 0.15) is 0 Å². The first-order valence-corrected chi connectivity index (χ1v) is 29.2. The van der Waals surface area contributed by atoms with Crippen LogP contribution in [0.1, 0.15) is 343 Å². The lowest BCUT2D eigenvalue weighted by Crippen LogP contribution is -2.23. The standard InChI is InChI=1S/C36H75N.C22H47N/c1-3-5-7-9-11-13-15-17-19-21-23-25-27-29-31-33-35-37-36-34-32-30-28-26-24-22-20-18-16-14-12-10-8-6-4-2;1-4-7-8-9-10-11-12-13-14-15-16-17-18-19-20-21-22-23(5-2)6-3/h37H,3-36H2,1-2H3;4-22H2,1-3H3. The Morgan fingerprint density at radius 2 is 0.367 bits per heavy atom. The van der Waals surface area contributed by atoms with Crippen LogP contribution < -0.4 is 5.32 Å². The maximum atomic E-state index is 3.68. The van der Waals surface area contributed by atoms with E-state index in [-0.39, 0.29) is 0 Å². The molecule has 60 heavy (non-hydrogen) atoms. The molecule has 364 valence electrons. The average Bonchev–Trinajstić information content (AvgIpc) is 3.26. The van der Waals surface area contributed by atoms with Gasteiger partial charge in [-0.25, -0.2) is 0 Å². The summed E-state index contributed by atoms with van der Waals surface area (Å²) in [4.78, 5) is 2.55. The molecule has 0 aromatic carbocycles. The van der Waals surface area contributed by atoms with Crippen LogP contribution in [0.4, 0.5) is 0 Å². The van der Waals surface area contributed by atoms with Crippen LogP contribution in [-0.2, 0) is 0 Å². The van der Waals surface area contributed by atoms with Crippen molar-refractivity contribution in [2.24, 2.45) is 0 Å². The van der Waals surface area contributed by atoms with E-state index >= 15 is 0 Å². The summed E-state index contributed by atoms with van der Waals surface area (Å²) in [6.07, 6.45) is 70.1. The first-order valence-electron chi connectivity index (χ1n) is 29.2. The summed E-state index contributed by atoms with van der Waals surface area (Å²) in [5.74, 6) is 0. The zero-order chi connectivity index (χ0) is 43.8. The van der Waals surface area contributed by atoms with E-state index in [1.165, 1.54) is 341 Å². The zero-order valence-corrected chi connectivity index (χ0v) is 43.4. The van der Waals surface area contributed by atoms with Gasteiger partial charge in [-0.15, -0.1) is 0 Å². The molecule has 0 saturated carbocycles. The van der Waals surface area contributed by atoms with Gasteiger partial charge in [-0.1, -0.05) is 324 Å². The van der Waals surface area contributed by atoms with E-state index in [2.05, 4.69) is 44.8 Å². The highest BCUT2D eigenvalue weighted by atomic mass is 15.1. The van der Waals surface area contributed by atoms with Crippen LogP contribution in [0.2, 0.25) is 0 Å². The van der Waals surface area contributed by atoms with Crippen LogP contribution in [0.25, 0.3) is 0 Å². The average molecular weight is 848 g/mol. The van der Waals surface area contributed by atoms with Crippen molar-refractivity contribution in [2.75, 3.05) is 32.7 Å². The van der Waals surface area contributed by atoms with Crippen molar-refractivity contribution < 1.29 is 0 Å². The molecule has 2 nitrogen and oxygen atoms in total. The number of nitrogens with zero attached hydrogens (tertiary/aromatic N) is 1. The minimum absolute atomic E-state index is 1.22. The van der Waals surface area contributed by atoms with Gasteiger partial charge in [0.15, 0.2) is 0 Å². The second-order valence-electron chi connectivity index (χ2n) is 19.7. The van der Waals surface area contributed by atoms with E-state index in [0.29, 0.717) is 0 Å². The number of hydrogen-bond acceptors (Lipinski definition) is 2. The van der Waals surface area contributed by atoms with E-state index in [1.807, 2.05) is 0 Å². The molecule has 0 fully saturated rings. The van der Waals surface area contributed by atoms with E-state index < -0.39 is 0 Å². The van der Waals surface area contributed by atoms with Gasteiger partial charge in [0.25, 0.3) is 0 Å². The monoisotopic (exact) mass is 847 g/mol. The summed E-state index contributed by atoms with van der Waals surface area (Å²) in [5.41, 5.74) is 0. The molecule has 0 aliphatic rings. The Morgan fingerprint density at radius 1 is 0.200 bits per heavy atom. The maximum Gasteiger partial charge on any atom is -0.00190 e. The minimum Gasteiger partial charge on any atom is -0.317 e. The van der Waals surface area contributed by atoms with Crippen LogP contribution in [0, 0.1) is 0 Å². The van der Waals surface area contributed by atoms with Gasteiger partial charge in [0, 0.05) is 0 Å². The smallest absolute Gasteiger partial charge is 0.00190 e. The van der Waals surface area contributed by atoms with E-state index in [1.54, 1.807) is 0 Å². The second kappa shape index (κ2) is 61.0. The number of unbranched alkanes of at least 4 members (excludes halogenated alkanes) is 45. The van der Waals surface area contributed by atoms with Crippen LogP contribution in [0.3, 0.4) is 0 Å². The molecule has 2 heteroatoms. The van der Waals surface area contributed by atoms with Crippen LogP contribution in [-0.4, -0.2) is 37.6 Å². The lowest BCUT2D eigenvalue weighted by molar-refractivity contribution is 0.295. The summed E-state index contributed by atoms with van der Waals surface area (Å²) >= 11 is 0. The zero-order valence-electron chi connectivity index (χ0n) is 43.4. The second-order valence-corrected chi connectivity index (χ2v) is 19.7. The van der Waals surface area contributed by atoms with Crippen molar-refractivity contribution in [2.45, 2.75) is 343 Å². The maximum absolute atomic E-state index is 3.68. The van der Waals surface area contributed by atoms with Gasteiger partial charge >= 0.3 is 0 Å². The van der Waals surface area contributed by atoms with Gasteiger partial charge < -0.3 is 10.2 Å². The molecule has 0 spiro atoms. The number of rotatable bonds is 53. The molecule has 1 N–H and O–H groups in total. The Bertz CT molecular complexity index is 640. The summed E-state index contributed by atoms with van der Waals surface area (Å²) in [6.45, 7) is 17.7. The van der Waals surface area contributed by atoms with Crippen LogP contribution in [0.5, 0.6) is 0 Å². The van der Waals surface area contributed by atoms with Crippen molar-refractivity contribution >= 4 is 0 Å². The molecule has 0 aromatic rings. The Kier molecular flexibility index (Phi) is 63.0. The molecular weight excluding hydrogens is 725 g/mol. The van der Waals surface area contributed by atoms with Gasteiger partial charge in [0.2, 0.25) is 0 Å². The quantitative estimate of drug-likeness (QED) is 0.0614. The molecule has 0 unspecified atom stereocenters. The first kappa shape index (κ1) is 62.0. The fourth-order valence-electron chi connectivity index (χ4n) is 9.14. The highest BCUT2D eigenvalue weighted by Gasteiger charge is 2.00. The largest absolute Gasteiger partial charge is 0.317 e. The first-order chi connectivity index (χ1) is 29.8. The molecule has 0 bridgehead atoms. The fourth-order valence-corrected chi connectivity index (χ4v) is 9.14. The Labute approximate surface area is 384 Å². The molecule has 0 aliphatic carbocycles. The lowest BCUT2D eigenvalue weighted by Gasteiger charge is -2.17. The lowest BCUT2D eigenvalue weighted by atomic mass is 10.0. The van der Waals surface area contributed by atoms with E-state index in [0.717, 1.165) is 0 Å². The van der Waals surface area contributed by atoms with Crippen molar-refractivity contribution in [1.29, 1.82) is 0 Å². The molecule has 0 amide bonds. The summed E-state index contributed by atoms with van der Waals surface area (Å²) < 4.78 is 0. The van der Waals surface area contributed by atoms with Gasteiger partial charge in [0.05, 0.1) is 0 Å². The Balaban J connectivity index is 0. The molecule has 0 heterocycles. The Morgan fingerprint density at radius 3 is 0.550 bits per heavy atom. The number of hydrogen-bond donors (Lipinski definition) is 1. The topological polar surface area (TPSA) is 15.3 Å². The minimum atomic E-state index is 1.22.